The van der Waals surface area contributed by atoms with Gasteiger partial charge in [0.05, 0.1) is 12.7 Å². The zero-order valence-corrected chi connectivity index (χ0v) is 20.2. The molecule has 0 radical (unpaired) electrons. The topological polar surface area (TPSA) is 147 Å². The van der Waals surface area contributed by atoms with Crippen molar-refractivity contribution >= 4 is 13.7 Å². The zero-order valence-electron chi connectivity index (χ0n) is 19.3. The normalized spacial score (nSPS) is 20.6. The molecular weight excluding hydrogens is 469 g/mol. The van der Waals surface area contributed by atoms with Crippen molar-refractivity contribution in [1.82, 2.24) is 14.6 Å². The van der Waals surface area contributed by atoms with Crippen LogP contribution in [0.2, 0.25) is 0 Å². The summed E-state index contributed by atoms with van der Waals surface area (Å²) in [4.78, 5) is 38.1. The lowest BCUT2D eigenvalue weighted by molar-refractivity contribution is -0.149. The highest BCUT2D eigenvalue weighted by atomic mass is 31.2. The van der Waals surface area contributed by atoms with Crippen LogP contribution in [0.5, 0.6) is 5.75 Å². The molecule has 12 nitrogen and oxygen atoms in total. The fraction of sp³-hybridized carbons (Fsp3) is 0.476. The van der Waals surface area contributed by atoms with Crippen LogP contribution < -0.4 is 20.9 Å². The SMILES string of the molecule is Cc1cn([C@H]2CO[C@@H](COP(=O)(NC(C)C(=O)OC(C)C)Oc3ccccc3)O2)c(=O)[nH]c1=O. The molecule has 1 aromatic carbocycles. The van der Waals surface area contributed by atoms with E-state index in [0.717, 1.165) is 0 Å². The second-order valence-electron chi connectivity index (χ2n) is 7.87. The molecule has 2 heterocycles. The number of H-pyrrole nitrogens is 1. The largest absolute Gasteiger partial charge is 0.462 e. The number of carbonyl (C=O) groups is 1. The molecule has 0 spiro atoms. The number of carbonyl (C=O) groups excluding carboxylic acids is 1. The molecular formula is C21H28N3O9P. The van der Waals surface area contributed by atoms with E-state index in [2.05, 4.69) is 10.1 Å². The van der Waals surface area contributed by atoms with Crippen molar-refractivity contribution in [3.63, 3.8) is 0 Å². The summed E-state index contributed by atoms with van der Waals surface area (Å²) in [6.45, 7) is 6.08. The van der Waals surface area contributed by atoms with Crippen molar-refractivity contribution < 1.29 is 32.6 Å². The Kier molecular flexibility index (Phi) is 8.45. The number of aryl methyl sites for hydroxylation is 1. The van der Waals surface area contributed by atoms with Gasteiger partial charge < -0.3 is 18.7 Å². The quantitative estimate of drug-likeness (QED) is 0.368. The first-order valence-corrected chi connectivity index (χ1v) is 12.2. The van der Waals surface area contributed by atoms with Crippen LogP contribution in [0.25, 0.3) is 0 Å². The summed E-state index contributed by atoms with van der Waals surface area (Å²) in [7, 11) is -4.09. The number of nitrogens with one attached hydrogen (secondary N) is 2. The molecule has 34 heavy (non-hydrogen) atoms. The third-order valence-corrected chi connectivity index (χ3v) is 6.24. The Balaban J connectivity index is 1.68. The molecule has 0 saturated carbocycles. The second-order valence-corrected chi connectivity index (χ2v) is 9.56. The van der Waals surface area contributed by atoms with Gasteiger partial charge in [-0.15, -0.1) is 0 Å². The van der Waals surface area contributed by atoms with Gasteiger partial charge in [-0.1, -0.05) is 18.2 Å². The number of nitrogens with zero attached hydrogens (tertiary/aromatic N) is 1. The predicted octanol–water partition coefficient (Wildman–Crippen LogP) is 1.85. The summed E-state index contributed by atoms with van der Waals surface area (Å²) >= 11 is 0. The van der Waals surface area contributed by atoms with E-state index in [0.29, 0.717) is 5.56 Å². The smallest absolute Gasteiger partial charge is 0.459 e. The average molecular weight is 497 g/mol. The molecule has 0 bridgehead atoms. The molecule has 186 valence electrons. The van der Waals surface area contributed by atoms with Gasteiger partial charge >= 0.3 is 19.4 Å². The maximum absolute atomic E-state index is 13.5. The number of hydrogen-bond acceptors (Lipinski definition) is 9. The number of rotatable bonds is 10. The highest BCUT2D eigenvalue weighted by Crippen LogP contribution is 2.45. The van der Waals surface area contributed by atoms with E-state index in [-0.39, 0.29) is 25.1 Å². The Hall–Kier alpha value is -2.76. The van der Waals surface area contributed by atoms with Gasteiger partial charge in [0.2, 0.25) is 0 Å². The van der Waals surface area contributed by atoms with Crippen LogP contribution in [0.1, 0.15) is 32.6 Å². The molecule has 1 aliphatic rings. The summed E-state index contributed by atoms with van der Waals surface area (Å²) in [6.07, 6.45) is -0.800. The molecule has 2 unspecified atom stereocenters. The molecule has 3 rings (SSSR count). The monoisotopic (exact) mass is 497 g/mol. The molecule has 1 aromatic heterocycles. The Morgan fingerprint density at radius 3 is 2.65 bits per heavy atom. The van der Waals surface area contributed by atoms with E-state index in [1.807, 2.05) is 0 Å². The molecule has 0 aliphatic carbocycles. The first-order chi connectivity index (χ1) is 16.1. The highest BCUT2D eigenvalue weighted by Gasteiger charge is 2.36. The number of para-hydroxylation sites is 1. The Morgan fingerprint density at radius 2 is 1.97 bits per heavy atom. The van der Waals surface area contributed by atoms with Crippen molar-refractivity contribution in [2.45, 2.75) is 52.4 Å². The zero-order chi connectivity index (χ0) is 24.9. The van der Waals surface area contributed by atoms with Crippen LogP contribution in [0.15, 0.2) is 46.1 Å². The van der Waals surface area contributed by atoms with Gasteiger partial charge in [0.25, 0.3) is 5.56 Å². The molecule has 0 amide bonds. The van der Waals surface area contributed by atoms with Crippen LogP contribution in [0, 0.1) is 6.92 Å². The highest BCUT2D eigenvalue weighted by molar-refractivity contribution is 7.52. The van der Waals surface area contributed by atoms with Crippen molar-refractivity contribution in [2.75, 3.05) is 13.2 Å². The van der Waals surface area contributed by atoms with E-state index in [1.54, 1.807) is 51.1 Å². The fourth-order valence-electron chi connectivity index (χ4n) is 2.97. The van der Waals surface area contributed by atoms with E-state index < -0.39 is 43.5 Å². The van der Waals surface area contributed by atoms with E-state index in [1.165, 1.54) is 17.7 Å². The van der Waals surface area contributed by atoms with Gasteiger partial charge in [0.1, 0.15) is 18.4 Å². The van der Waals surface area contributed by atoms with Crippen molar-refractivity contribution in [2.24, 2.45) is 0 Å². The summed E-state index contributed by atoms with van der Waals surface area (Å²) in [5.41, 5.74) is -0.812. The first kappa shape index (κ1) is 25.9. The standard InChI is InChI=1S/C21H28N3O9P/c1-13(2)31-20(26)15(4)23-34(28,33-16-8-6-5-7-9-16)30-12-18-29-11-17(32-18)24-10-14(3)19(25)22-21(24)27/h5-10,13,15,17-18H,11-12H2,1-4H3,(H,23,28)(H,22,25,27)/t15?,17-,18-,34?/m1/s1. The van der Waals surface area contributed by atoms with Gasteiger partial charge in [-0.2, -0.15) is 5.09 Å². The molecule has 1 fully saturated rings. The molecule has 4 atom stereocenters. The van der Waals surface area contributed by atoms with Crippen LogP contribution in [0.3, 0.4) is 0 Å². The lowest BCUT2D eigenvalue weighted by Crippen LogP contribution is -2.37. The summed E-state index contributed by atoms with van der Waals surface area (Å²) in [5, 5.41) is 2.57. The van der Waals surface area contributed by atoms with Gasteiger partial charge in [-0.05, 0) is 39.8 Å². The fourth-order valence-corrected chi connectivity index (χ4v) is 4.45. The Labute approximate surface area is 195 Å². The Morgan fingerprint density at radius 1 is 1.26 bits per heavy atom. The summed E-state index contributed by atoms with van der Waals surface area (Å²) in [6, 6.07) is 7.30. The van der Waals surface area contributed by atoms with Crippen molar-refractivity contribution in [1.29, 1.82) is 0 Å². The summed E-state index contributed by atoms with van der Waals surface area (Å²) < 4.78 is 42.0. The summed E-state index contributed by atoms with van der Waals surface area (Å²) in [5.74, 6) is -0.374. The van der Waals surface area contributed by atoms with E-state index in [9.17, 15) is 18.9 Å². The minimum Gasteiger partial charge on any atom is -0.462 e. The number of esters is 1. The van der Waals surface area contributed by atoms with Gasteiger partial charge in [-0.25, -0.2) is 9.36 Å². The Bertz CT molecular complexity index is 1150. The average Bonchev–Trinajstić information content (AvgIpc) is 3.24. The number of aromatic amines is 1. The first-order valence-electron chi connectivity index (χ1n) is 10.6. The van der Waals surface area contributed by atoms with Crippen LogP contribution in [0.4, 0.5) is 0 Å². The number of hydrogen-bond donors (Lipinski definition) is 2. The third kappa shape index (κ3) is 6.87. The molecule has 13 heteroatoms. The van der Waals surface area contributed by atoms with Gasteiger partial charge in [0, 0.05) is 11.8 Å². The number of aromatic nitrogens is 2. The van der Waals surface area contributed by atoms with Gasteiger partial charge in [0.15, 0.2) is 12.5 Å². The number of benzene rings is 1. The van der Waals surface area contributed by atoms with Crippen LogP contribution in [-0.4, -0.2) is 47.2 Å². The van der Waals surface area contributed by atoms with Crippen LogP contribution >= 0.6 is 7.75 Å². The third-order valence-electron chi connectivity index (χ3n) is 4.60. The minimum absolute atomic E-state index is 0.00614. The lowest BCUT2D eigenvalue weighted by Gasteiger charge is -2.24. The second kappa shape index (κ2) is 11.1. The van der Waals surface area contributed by atoms with Crippen LogP contribution in [-0.2, 0) is 28.1 Å². The van der Waals surface area contributed by atoms with Crippen molar-refractivity contribution in [3.05, 3.63) is 62.9 Å². The number of ether oxygens (including phenoxy) is 3. The lowest BCUT2D eigenvalue weighted by atomic mass is 10.3. The van der Waals surface area contributed by atoms with E-state index >= 15 is 0 Å². The molecule has 1 saturated heterocycles. The molecule has 2 aromatic rings. The predicted molar refractivity (Wildman–Crippen MR) is 120 cm³/mol. The van der Waals surface area contributed by atoms with Crippen molar-refractivity contribution in [3.8, 4) is 5.75 Å². The molecule has 1 aliphatic heterocycles. The maximum Gasteiger partial charge on any atom is 0.459 e. The maximum atomic E-state index is 13.5. The molecule has 2 N–H and O–H groups in total. The minimum atomic E-state index is -4.09. The van der Waals surface area contributed by atoms with E-state index in [4.69, 9.17) is 23.3 Å². The van der Waals surface area contributed by atoms with Gasteiger partial charge in [-0.3, -0.25) is 23.7 Å².